The van der Waals surface area contributed by atoms with Crippen molar-refractivity contribution >= 4 is 15.9 Å². The van der Waals surface area contributed by atoms with E-state index in [9.17, 15) is 0 Å². The molecule has 72 valence electrons. The highest BCUT2D eigenvalue weighted by Gasteiger charge is 2.00. The molecule has 0 fully saturated rings. The van der Waals surface area contributed by atoms with Crippen molar-refractivity contribution in [1.82, 2.24) is 9.55 Å². The average molecular weight is 251 g/mol. The van der Waals surface area contributed by atoms with Crippen molar-refractivity contribution in [2.24, 2.45) is 0 Å². The fourth-order valence-corrected chi connectivity index (χ4v) is 1.81. The normalized spacial score (nSPS) is 10.4. The Bertz CT molecular complexity index is 417. The van der Waals surface area contributed by atoms with Gasteiger partial charge in [0.1, 0.15) is 0 Å². The van der Waals surface area contributed by atoms with E-state index in [-0.39, 0.29) is 0 Å². The fourth-order valence-electron chi connectivity index (χ4n) is 1.37. The highest BCUT2D eigenvalue weighted by Crippen LogP contribution is 2.15. The SMILES string of the molecule is CCc1ccc(-n2ccnc2Br)cc1. The molecule has 0 bridgehead atoms. The Hall–Kier alpha value is -1.09. The topological polar surface area (TPSA) is 17.8 Å². The maximum atomic E-state index is 4.12. The van der Waals surface area contributed by atoms with Crippen LogP contribution in [0.5, 0.6) is 0 Å². The maximum Gasteiger partial charge on any atom is 0.181 e. The van der Waals surface area contributed by atoms with Gasteiger partial charge in [-0.15, -0.1) is 0 Å². The van der Waals surface area contributed by atoms with Crippen molar-refractivity contribution in [3.8, 4) is 5.69 Å². The first kappa shape index (κ1) is 9.46. The molecule has 1 aromatic heterocycles. The molecular weight excluding hydrogens is 240 g/mol. The first-order valence-electron chi connectivity index (χ1n) is 4.59. The summed E-state index contributed by atoms with van der Waals surface area (Å²) in [5.41, 5.74) is 2.48. The van der Waals surface area contributed by atoms with E-state index in [1.807, 2.05) is 10.8 Å². The Balaban J connectivity index is 2.39. The fraction of sp³-hybridized carbons (Fsp3) is 0.182. The van der Waals surface area contributed by atoms with Crippen molar-refractivity contribution in [3.63, 3.8) is 0 Å². The predicted octanol–water partition coefficient (Wildman–Crippen LogP) is 3.20. The molecule has 1 heterocycles. The zero-order valence-electron chi connectivity index (χ0n) is 7.94. The second-order valence-corrected chi connectivity index (χ2v) is 3.80. The molecule has 0 radical (unpaired) electrons. The second-order valence-electron chi connectivity index (χ2n) is 3.09. The molecule has 2 aromatic rings. The smallest absolute Gasteiger partial charge is 0.181 e. The minimum atomic E-state index is 0.835. The summed E-state index contributed by atoms with van der Waals surface area (Å²) in [4.78, 5) is 4.12. The number of rotatable bonds is 2. The van der Waals surface area contributed by atoms with Crippen LogP contribution in [0.3, 0.4) is 0 Å². The first-order valence-corrected chi connectivity index (χ1v) is 5.38. The summed E-state index contributed by atoms with van der Waals surface area (Å²) in [5, 5.41) is 0. The summed E-state index contributed by atoms with van der Waals surface area (Å²) >= 11 is 3.39. The summed E-state index contributed by atoms with van der Waals surface area (Å²) in [6.45, 7) is 2.15. The third-order valence-corrected chi connectivity index (χ3v) is 2.81. The third-order valence-electron chi connectivity index (χ3n) is 2.22. The van der Waals surface area contributed by atoms with Crippen LogP contribution in [0.15, 0.2) is 41.4 Å². The molecule has 3 heteroatoms. The average Bonchev–Trinajstić information content (AvgIpc) is 2.65. The van der Waals surface area contributed by atoms with E-state index in [2.05, 4.69) is 52.1 Å². The van der Waals surface area contributed by atoms with Crippen molar-refractivity contribution in [1.29, 1.82) is 0 Å². The van der Waals surface area contributed by atoms with E-state index in [1.54, 1.807) is 6.20 Å². The monoisotopic (exact) mass is 250 g/mol. The summed E-state index contributed by atoms with van der Waals surface area (Å²) in [6, 6.07) is 8.49. The quantitative estimate of drug-likeness (QED) is 0.801. The number of aromatic nitrogens is 2. The number of benzene rings is 1. The van der Waals surface area contributed by atoms with E-state index < -0.39 is 0 Å². The van der Waals surface area contributed by atoms with E-state index >= 15 is 0 Å². The van der Waals surface area contributed by atoms with Crippen molar-refractivity contribution in [2.75, 3.05) is 0 Å². The number of imidazole rings is 1. The molecule has 0 aliphatic heterocycles. The van der Waals surface area contributed by atoms with Crippen molar-refractivity contribution in [2.45, 2.75) is 13.3 Å². The standard InChI is InChI=1S/C11H11BrN2/c1-2-9-3-5-10(6-4-9)14-8-7-13-11(14)12/h3-8H,2H2,1H3. The molecular formula is C11H11BrN2. The molecule has 2 rings (SSSR count). The molecule has 0 saturated heterocycles. The van der Waals surface area contributed by atoms with Gasteiger partial charge >= 0.3 is 0 Å². The zero-order valence-corrected chi connectivity index (χ0v) is 9.53. The Morgan fingerprint density at radius 2 is 2.00 bits per heavy atom. The maximum absolute atomic E-state index is 4.12. The molecule has 0 saturated carbocycles. The molecule has 1 aromatic carbocycles. The minimum absolute atomic E-state index is 0.835. The van der Waals surface area contributed by atoms with Gasteiger partial charge in [-0.3, -0.25) is 4.57 Å². The van der Waals surface area contributed by atoms with Crippen LogP contribution in [0.25, 0.3) is 5.69 Å². The second kappa shape index (κ2) is 3.96. The van der Waals surface area contributed by atoms with Crippen LogP contribution in [-0.2, 0) is 6.42 Å². The third kappa shape index (κ3) is 1.73. The molecule has 0 N–H and O–H groups in total. The zero-order chi connectivity index (χ0) is 9.97. The number of hydrogen-bond acceptors (Lipinski definition) is 1. The van der Waals surface area contributed by atoms with Gasteiger partial charge < -0.3 is 0 Å². The lowest BCUT2D eigenvalue weighted by atomic mass is 10.1. The Morgan fingerprint density at radius 1 is 1.29 bits per heavy atom. The molecule has 0 aliphatic carbocycles. The number of nitrogens with zero attached hydrogens (tertiary/aromatic N) is 2. The van der Waals surface area contributed by atoms with Gasteiger partial charge in [-0.05, 0) is 40.0 Å². The summed E-state index contributed by atoms with van der Waals surface area (Å²) in [7, 11) is 0. The lowest BCUT2D eigenvalue weighted by Crippen LogP contribution is -1.92. The van der Waals surface area contributed by atoms with Gasteiger partial charge in [0.05, 0.1) is 0 Å². The van der Waals surface area contributed by atoms with Crippen molar-refractivity contribution < 1.29 is 0 Å². The molecule has 2 nitrogen and oxygen atoms in total. The number of aryl methyl sites for hydroxylation is 1. The summed E-state index contributed by atoms with van der Waals surface area (Å²) in [5.74, 6) is 0. The van der Waals surface area contributed by atoms with Crippen LogP contribution >= 0.6 is 15.9 Å². The van der Waals surface area contributed by atoms with Gasteiger partial charge in [0.15, 0.2) is 4.73 Å². The van der Waals surface area contributed by atoms with Crippen LogP contribution in [0.1, 0.15) is 12.5 Å². The highest BCUT2D eigenvalue weighted by molar-refractivity contribution is 9.10. The molecule has 0 amide bonds. The van der Waals surface area contributed by atoms with Gasteiger partial charge in [-0.25, -0.2) is 4.98 Å². The number of hydrogen-bond donors (Lipinski definition) is 0. The van der Waals surface area contributed by atoms with Gasteiger partial charge in [-0.2, -0.15) is 0 Å². The number of halogens is 1. The van der Waals surface area contributed by atoms with Crippen LogP contribution < -0.4 is 0 Å². The lowest BCUT2D eigenvalue weighted by Gasteiger charge is -2.04. The molecule has 0 aliphatic rings. The van der Waals surface area contributed by atoms with E-state index in [0.717, 1.165) is 16.8 Å². The van der Waals surface area contributed by atoms with E-state index in [1.165, 1.54) is 5.56 Å². The Morgan fingerprint density at radius 3 is 2.50 bits per heavy atom. The molecule has 14 heavy (non-hydrogen) atoms. The van der Waals surface area contributed by atoms with E-state index in [0.29, 0.717) is 0 Å². The van der Waals surface area contributed by atoms with Gasteiger partial charge in [0.2, 0.25) is 0 Å². The molecule has 0 unspecified atom stereocenters. The summed E-state index contributed by atoms with van der Waals surface area (Å²) in [6.07, 6.45) is 4.79. The minimum Gasteiger partial charge on any atom is -0.294 e. The molecule has 0 atom stereocenters. The first-order chi connectivity index (χ1) is 6.81. The van der Waals surface area contributed by atoms with Gasteiger partial charge in [0, 0.05) is 18.1 Å². The highest BCUT2D eigenvalue weighted by atomic mass is 79.9. The van der Waals surface area contributed by atoms with Crippen LogP contribution in [0, 0.1) is 0 Å². The Labute approximate surface area is 91.7 Å². The molecule has 0 spiro atoms. The summed E-state index contributed by atoms with van der Waals surface area (Å²) < 4.78 is 2.83. The largest absolute Gasteiger partial charge is 0.294 e. The lowest BCUT2D eigenvalue weighted by molar-refractivity contribution is 1.01. The van der Waals surface area contributed by atoms with E-state index in [4.69, 9.17) is 0 Å². The van der Waals surface area contributed by atoms with Gasteiger partial charge in [0.25, 0.3) is 0 Å². The van der Waals surface area contributed by atoms with Crippen LogP contribution in [0.4, 0.5) is 0 Å². The van der Waals surface area contributed by atoms with Crippen molar-refractivity contribution in [3.05, 3.63) is 47.0 Å². The Kier molecular flexibility index (Phi) is 2.68. The van der Waals surface area contributed by atoms with Crippen LogP contribution in [-0.4, -0.2) is 9.55 Å². The van der Waals surface area contributed by atoms with Gasteiger partial charge in [-0.1, -0.05) is 19.1 Å². The predicted molar refractivity (Wildman–Crippen MR) is 60.6 cm³/mol. The van der Waals surface area contributed by atoms with Crippen LogP contribution in [0.2, 0.25) is 0 Å².